The van der Waals surface area contributed by atoms with Crippen molar-refractivity contribution in [1.29, 1.82) is 0 Å². The van der Waals surface area contributed by atoms with E-state index in [1.54, 1.807) is 17.5 Å². The van der Waals surface area contributed by atoms with Gasteiger partial charge in [0.1, 0.15) is 16.5 Å². The Morgan fingerprint density at radius 2 is 2.00 bits per heavy atom. The van der Waals surface area contributed by atoms with Gasteiger partial charge in [-0.2, -0.15) is 0 Å². The first kappa shape index (κ1) is 19.8. The number of halogens is 3. The van der Waals surface area contributed by atoms with Gasteiger partial charge < -0.3 is 11.1 Å². The fourth-order valence-electron chi connectivity index (χ4n) is 2.10. The number of carbonyl (C=O) groups excluding carboxylic acids is 1. The summed E-state index contributed by atoms with van der Waals surface area (Å²) in [6.45, 7) is 0.479. The number of nitrogens with one attached hydrogen (secondary N) is 1. The first-order valence-electron chi connectivity index (χ1n) is 6.89. The molecule has 1 aliphatic carbocycles. The van der Waals surface area contributed by atoms with Crippen LogP contribution in [0.1, 0.15) is 23.3 Å². The Balaban J connectivity index is 0.00000132. The summed E-state index contributed by atoms with van der Waals surface area (Å²) >= 11 is 1.36. The lowest BCUT2D eigenvalue weighted by atomic mass is 10.2. The first-order valence-corrected chi connectivity index (χ1v) is 7.76. The van der Waals surface area contributed by atoms with Crippen molar-refractivity contribution in [2.24, 2.45) is 11.7 Å². The summed E-state index contributed by atoms with van der Waals surface area (Å²) in [5.41, 5.74) is 7.13. The minimum absolute atomic E-state index is 0. The van der Waals surface area contributed by atoms with E-state index in [0.717, 1.165) is 18.4 Å². The average molecular weight is 378 g/mol. The minimum Gasteiger partial charge on any atom is -0.349 e. The molecule has 1 aliphatic rings. The highest BCUT2D eigenvalue weighted by atomic mass is 35.5. The normalized spacial score (nSPS) is 14.3. The third-order valence-electron chi connectivity index (χ3n) is 3.55. The maximum Gasteiger partial charge on any atom is 0.270 e. The number of rotatable bonds is 5. The second-order valence-electron chi connectivity index (χ2n) is 5.26. The molecule has 0 bridgehead atoms. The number of aromatic nitrogens is 1. The highest BCUT2D eigenvalue weighted by molar-refractivity contribution is 7.13. The number of hydrogen-bond donors (Lipinski definition) is 2. The molecule has 23 heavy (non-hydrogen) atoms. The number of hydrogen-bond acceptors (Lipinski definition) is 4. The molecular weight excluding hydrogens is 360 g/mol. The molecule has 4 nitrogen and oxygen atoms in total. The molecule has 1 unspecified atom stereocenters. The Morgan fingerprint density at radius 1 is 1.35 bits per heavy atom. The van der Waals surface area contributed by atoms with Crippen molar-refractivity contribution in [3.05, 3.63) is 41.2 Å². The Hall–Kier alpha value is -1.21. The van der Waals surface area contributed by atoms with Gasteiger partial charge in [-0.15, -0.1) is 36.2 Å². The Labute approximate surface area is 150 Å². The van der Waals surface area contributed by atoms with Gasteiger partial charge in [-0.05, 0) is 43.0 Å². The van der Waals surface area contributed by atoms with Gasteiger partial charge in [-0.1, -0.05) is 0 Å². The predicted molar refractivity (Wildman–Crippen MR) is 95.0 cm³/mol. The second kappa shape index (κ2) is 8.59. The maximum absolute atomic E-state index is 12.9. The topological polar surface area (TPSA) is 68.0 Å². The molecule has 1 heterocycles. The van der Waals surface area contributed by atoms with Crippen LogP contribution in [0.3, 0.4) is 0 Å². The third kappa shape index (κ3) is 5.14. The first-order chi connectivity index (χ1) is 10.1. The molecule has 0 aliphatic heterocycles. The molecule has 1 aromatic heterocycles. The molecular formula is C15H18Cl2FN3OS. The smallest absolute Gasteiger partial charge is 0.270 e. The van der Waals surface area contributed by atoms with E-state index in [2.05, 4.69) is 10.3 Å². The van der Waals surface area contributed by atoms with E-state index in [9.17, 15) is 9.18 Å². The summed E-state index contributed by atoms with van der Waals surface area (Å²) in [4.78, 5) is 16.3. The van der Waals surface area contributed by atoms with Crippen LogP contribution in [-0.4, -0.2) is 23.5 Å². The van der Waals surface area contributed by atoms with E-state index >= 15 is 0 Å². The van der Waals surface area contributed by atoms with Crippen LogP contribution in [0.2, 0.25) is 0 Å². The average Bonchev–Trinajstić information content (AvgIpc) is 3.23. The number of nitrogens with two attached hydrogens (primary N) is 1. The van der Waals surface area contributed by atoms with Crippen LogP contribution in [0.4, 0.5) is 4.39 Å². The SMILES string of the molecule is Cl.Cl.NC(CNC(=O)c1csc(-c2ccc(F)cc2)n1)C1CC1. The summed E-state index contributed by atoms with van der Waals surface area (Å²) in [6.07, 6.45) is 2.31. The fourth-order valence-corrected chi connectivity index (χ4v) is 2.90. The highest BCUT2D eigenvalue weighted by Crippen LogP contribution is 2.31. The molecule has 1 amide bonds. The molecule has 126 valence electrons. The summed E-state index contributed by atoms with van der Waals surface area (Å²) in [5, 5.41) is 5.22. The van der Waals surface area contributed by atoms with Crippen molar-refractivity contribution in [1.82, 2.24) is 10.3 Å². The van der Waals surface area contributed by atoms with E-state index in [0.29, 0.717) is 23.2 Å². The summed E-state index contributed by atoms with van der Waals surface area (Å²) in [6, 6.07) is 6.10. The van der Waals surface area contributed by atoms with Crippen molar-refractivity contribution in [3.63, 3.8) is 0 Å². The van der Waals surface area contributed by atoms with Gasteiger partial charge in [0.2, 0.25) is 0 Å². The summed E-state index contributed by atoms with van der Waals surface area (Å²) < 4.78 is 12.9. The molecule has 0 spiro atoms. The van der Waals surface area contributed by atoms with Crippen molar-refractivity contribution in [2.75, 3.05) is 6.54 Å². The summed E-state index contributed by atoms with van der Waals surface area (Å²) in [7, 11) is 0. The van der Waals surface area contributed by atoms with E-state index in [-0.39, 0.29) is 42.6 Å². The van der Waals surface area contributed by atoms with Crippen LogP contribution >= 0.6 is 36.2 Å². The van der Waals surface area contributed by atoms with Crippen molar-refractivity contribution in [2.45, 2.75) is 18.9 Å². The number of amides is 1. The van der Waals surface area contributed by atoms with Gasteiger partial charge in [0.15, 0.2) is 0 Å². The van der Waals surface area contributed by atoms with Crippen LogP contribution in [0, 0.1) is 11.7 Å². The lowest BCUT2D eigenvalue weighted by Gasteiger charge is -2.10. The van der Waals surface area contributed by atoms with E-state index in [4.69, 9.17) is 5.73 Å². The second-order valence-corrected chi connectivity index (χ2v) is 6.11. The number of benzene rings is 1. The molecule has 1 fully saturated rings. The van der Waals surface area contributed by atoms with E-state index in [1.807, 2.05) is 0 Å². The van der Waals surface area contributed by atoms with Gasteiger partial charge in [0.25, 0.3) is 5.91 Å². The maximum atomic E-state index is 12.9. The Bertz CT molecular complexity index is 646. The van der Waals surface area contributed by atoms with Gasteiger partial charge in [0.05, 0.1) is 0 Å². The van der Waals surface area contributed by atoms with Crippen molar-refractivity contribution >= 4 is 42.1 Å². The number of carbonyl (C=O) groups is 1. The molecule has 1 atom stereocenters. The minimum atomic E-state index is -0.290. The van der Waals surface area contributed by atoms with Crippen LogP contribution in [-0.2, 0) is 0 Å². The zero-order valence-electron chi connectivity index (χ0n) is 12.2. The van der Waals surface area contributed by atoms with Crippen LogP contribution in [0.5, 0.6) is 0 Å². The third-order valence-corrected chi connectivity index (χ3v) is 4.45. The highest BCUT2D eigenvalue weighted by Gasteiger charge is 2.28. The van der Waals surface area contributed by atoms with Gasteiger partial charge in [-0.3, -0.25) is 4.79 Å². The molecule has 1 saturated carbocycles. The fraction of sp³-hybridized carbons (Fsp3) is 0.333. The molecule has 1 aromatic carbocycles. The van der Waals surface area contributed by atoms with E-state index < -0.39 is 0 Å². The van der Waals surface area contributed by atoms with Crippen molar-refractivity contribution < 1.29 is 9.18 Å². The largest absolute Gasteiger partial charge is 0.349 e. The quantitative estimate of drug-likeness (QED) is 0.839. The Kier molecular flexibility index (Phi) is 7.41. The monoisotopic (exact) mass is 377 g/mol. The standard InChI is InChI=1S/C15H16FN3OS.2ClH/c16-11-5-3-10(4-6-11)15-19-13(8-21-15)14(20)18-7-12(17)9-1-2-9;;/h3-6,8-9,12H,1-2,7,17H2,(H,18,20);2*1H. The van der Waals surface area contributed by atoms with E-state index in [1.165, 1.54) is 23.5 Å². The molecule has 3 N–H and O–H groups in total. The van der Waals surface area contributed by atoms with Crippen molar-refractivity contribution in [3.8, 4) is 10.6 Å². The van der Waals surface area contributed by atoms with Gasteiger partial charge in [0, 0.05) is 23.5 Å². The van der Waals surface area contributed by atoms with Crippen LogP contribution in [0.25, 0.3) is 10.6 Å². The number of nitrogens with zero attached hydrogens (tertiary/aromatic N) is 1. The zero-order valence-corrected chi connectivity index (χ0v) is 14.6. The molecule has 0 radical (unpaired) electrons. The Morgan fingerprint density at radius 3 is 2.61 bits per heavy atom. The summed E-state index contributed by atoms with van der Waals surface area (Å²) in [5.74, 6) is 0.0496. The zero-order chi connectivity index (χ0) is 14.8. The van der Waals surface area contributed by atoms with Crippen LogP contribution in [0.15, 0.2) is 29.6 Å². The van der Waals surface area contributed by atoms with Gasteiger partial charge in [-0.25, -0.2) is 9.37 Å². The lowest BCUT2D eigenvalue weighted by Crippen LogP contribution is -2.38. The molecule has 0 saturated heterocycles. The van der Waals surface area contributed by atoms with Crippen LogP contribution < -0.4 is 11.1 Å². The molecule has 3 rings (SSSR count). The predicted octanol–water partition coefficient (Wildman–Crippen LogP) is 3.26. The molecule has 2 aromatic rings. The lowest BCUT2D eigenvalue weighted by molar-refractivity contribution is 0.0946. The number of thiazole rings is 1. The molecule has 8 heteroatoms. The van der Waals surface area contributed by atoms with Gasteiger partial charge >= 0.3 is 0 Å².